The van der Waals surface area contributed by atoms with E-state index < -0.39 is 43.7 Å². The van der Waals surface area contributed by atoms with E-state index in [1.54, 1.807) is 27.7 Å². The molecule has 0 radical (unpaired) electrons. The van der Waals surface area contributed by atoms with Gasteiger partial charge in [0.1, 0.15) is 18.0 Å². The fourth-order valence-electron chi connectivity index (χ4n) is 3.55. The molecule has 33 heavy (non-hydrogen) atoms. The fraction of sp³-hybridized carbons (Fsp3) is 0.810. The summed E-state index contributed by atoms with van der Waals surface area (Å²) in [6.07, 6.45) is -1.57. The quantitative estimate of drug-likeness (QED) is 0.391. The Morgan fingerprint density at radius 3 is 2.39 bits per heavy atom. The van der Waals surface area contributed by atoms with Crippen molar-refractivity contribution in [2.75, 3.05) is 26.1 Å². The van der Waals surface area contributed by atoms with Crippen molar-refractivity contribution in [3.8, 4) is 0 Å². The molecule has 1 aromatic heterocycles. The highest BCUT2D eigenvalue weighted by Gasteiger charge is 2.51. The highest BCUT2D eigenvalue weighted by molar-refractivity contribution is 7.47. The highest BCUT2D eigenvalue weighted by Crippen LogP contribution is 2.52. The topological polar surface area (TPSA) is 144 Å². The van der Waals surface area contributed by atoms with Crippen LogP contribution >= 0.6 is 7.82 Å². The van der Waals surface area contributed by atoms with Crippen molar-refractivity contribution in [1.82, 2.24) is 9.55 Å². The summed E-state index contributed by atoms with van der Waals surface area (Å²) in [6.45, 7) is 13.1. The number of ether oxygens (including phenoxy) is 3. The van der Waals surface area contributed by atoms with Crippen LogP contribution < -0.4 is 11.4 Å². The van der Waals surface area contributed by atoms with Gasteiger partial charge in [-0.05, 0) is 39.5 Å². The van der Waals surface area contributed by atoms with E-state index >= 15 is 0 Å². The van der Waals surface area contributed by atoms with Crippen LogP contribution in [0.1, 0.15) is 59.8 Å². The zero-order chi connectivity index (χ0) is 25.2. The largest absolute Gasteiger partial charge is 0.473 e. The van der Waals surface area contributed by atoms with Gasteiger partial charge >= 0.3 is 13.5 Å². The molecule has 0 aliphatic carbocycles. The molecule has 1 unspecified atom stereocenters. The molecular formula is C21H38N3O8P. The van der Waals surface area contributed by atoms with Crippen molar-refractivity contribution in [3.05, 3.63) is 22.2 Å². The molecule has 5 atom stereocenters. The van der Waals surface area contributed by atoms with Crippen molar-refractivity contribution >= 4 is 13.6 Å². The number of anilines is 1. The smallest absolute Gasteiger partial charge is 0.383 e. The summed E-state index contributed by atoms with van der Waals surface area (Å²) in [5.41, 5.74) is 4.58. The van der Waals surface area contributed by atoms with Gasteiger partial charge in [0.2, 0.25) is 0 Å². The number of phosphoric ester groups is 1. The van der Waals surface area contributed by atoms with Crippen LogP contribution in [0.4, 0.5) is 5.82 Å². The highest BCUT2D eigenvalue weighted by atomic mass is 31.2. The molecule has 0 spiro atoms. The Morgan fingerprint density at radius 1 is 1.21 bits per heavy atom. The molecule has 2 heterocycles. The normalized spacial score (nSPS) is 25.8. The second-order valence-corrected chi connectivity index (χ2v) is 11.7. The van der Waals surface area contributed by atoms with Gasteiger partial charge in [0.05, 0.1) is 24.9 Å². The third-order valence-electron chi connectivity index (χ3n) is 4.79. The summed E-state index contributed by atoms with van der Waals surface area (Å²) in [7, 11) is -2.98. The molecular weight excluding hydrogens is 453 g/mol. The van der Waals surface area contributed by atoms with Crippen LogP contribution in [0.2, 0.25) is 0 Å². The molecule has 1 aliphatic rings. The molecule has 1 fully saturated rings. The Labute approximate surface area is 195 Å². The Bertz CT molecular complexity index is 908. The molecule has 3 N–H and O–H groups in total. The molecule has 0 bridgehead atoms. The second-order valence-electron chi connectivity index (χ2n) is 10.4. The molecule has 190 valence electrons. The summed E-state index contributed by atoms with van der Waals surface area (Å²) >= 11 is 0. The predicted octanol–water partition coefficient (Wildman–Crippen LogP) is 2.80. The third kappa shape index (κ3) is 8.13. The lowest BCUT2D eigenvalue weighted by Crippen LogP contribution is -2.40. The number of aromatic nitrogens is 2. The minimum atomic E-state index is -4.50. The number of methoxy groups -OCH3 is 1. The second kappa shape index (κ2) is 10.5. The average Bonchev–Trinajstić information content (AvgIpc) is 2.91. The first-order chi connectivity index (χ1) is 15.0. The number of phosphoric acid groups is 1. The van der Waals surface area contributed by atoms with Crippen LogP contribution in [0, 0.1) is 12.3 Å². The SMILES string of the molecule is COCCO[C@@H]1[C@H](OP(=O)(O)OC(C)(C)C)[C@@H](CC(C)(C)C)O[C@H]1n1cc(C)c(N)nc1=O. The van der Waals surface area contributed by atoms with Crippen molar-refractivity contribution in [3.63, 3.8) is 0 Å². The molecule has 0 saturated carbocycles. The van der Waals surface area contributed by atoms with Crippen LogP contribution in [-0.4, -0.2) is 58.7 Å². The minimum absolute atomic E-state index is 0.114. The van der Waals surface area contributed by atoms with Gasteiger partial charge < -0.3 is 24.8 Å². The van der Waals surface area contributed by atoms with Gasteiger partial charge in [-0.25, -0.2) is 9.36 Å². The molecule has 1 aliphatic heterocycles. The van der Waals surface area contributed by atoms with E-state index in [4.69, 9.17) is 29.0 Å². The van der Waals surface area contributed by atoms with Crippen molar-refractivity contribution in [2.24, 2.45) is 5.41 Å². The zero-order valence-electron chi connectivity index (χ0n) is 20.7. The average molecular weight is 492 g/mol. The van der Waals surface area contributed by atoms with Gasteiger partial charge in [-0.2, -0.15) is 4.98 Å². The minimum Gasteiger partial charge on any atom is -0.383 e. The molecule has 1 aromatic rings. The number of nitrogen functional groups attached to an aromatic ring is 1. The lowest BCUT2D eigenvalue weighted by Gasteiger charge is -2.31. The van der Waals surface area contributed by atoms with Crippen LogP contribution in [0.15, 0.2) is 11.0 Å². The van der Waals surface area contributed by atoms with Gasteiger partial charge in [-0.1, -0.05) is 20.8 Å². The van der Waals surface area contributed by atoms with Crippen LogP contribution in [0.5, 0.6) is 0 Å². The molecule has 0 amide bonds. The first-order valence-corrected chi connectivity index (χ1v) is 12.4. The summed E-state index contributed by atoms with van der Waals surface area (Å²) in [6, 6.07) is 0. The number of nitrogens with zero attached hydrogens (tertiary/aromatic N) is 2. The van der Waals surface area contributed by atoms with Gasteiger partial charge in [0.15, 0.2) is 6.23 Å². The van der Waals surface area contributed by atoms with E-state index in [0.717, 1.165) is 0 Å². The summed E-state index contributed by atoms with van der Waals surface area (Å²) in [5.74, 6) is 0.114. The fourth-order valence-corrected chi connectivity index (χ4v) is 4.85. The van der Waals surface area contributed by atoms with Crippen LogP contribution in [0.3, 0.4) is 0 Å². The Balaban J connectivity index is 2.50. The van der Waals surface area contributed by atoms with E-state index in [1.165, 1.54) is 17.9 Å². The monoisotopic (exact) mass is 491 g/mol. The van der Waals surface area contributed by atoms with Crippen LogP contribution in [0.25, 0.3) is 0 Å². The Morgan fingerprint density at radius 2 is 1.85 bits per heavy atom. The number of hydrogen-bond acceptors (Lipinski definition) is 9. The Kier molecular flexibility index (Phi) is 8.89. The van der Waals surface area contributed by atoms with E-state index in [0.29, 0.717) is 12.0 Å². The lowest BCUT2D eigenvalue weighted by molar-refractivity contribution is -0.0816. The van der Waals surface area contributed by atoms with E-state index in [2.05, 4.69) is 4.98 Å². The van der Waals surface area contributed by atoms with Gasteiger partial charge in [-0.3, -0.25) is 13.6 Å². The first kappa shape index (κ1) is 27.9. The Hall–Kier alpha value is -1.33. The maximum absolute atomic E-state index is 12.9. The summed E-state index contributed by atoms with van der Waals surface area (Å²) < 4.78 is 42.4. The molecule has 0 aromatic carbocycles. The molecule has 1 saturated heterocycles. The lowest BCUT2D eigenvalue weighted by atomic mass is 9.87. The number of hydrogen-bond donors (Lipinski definition) is 2. The van der Waals surface area contributed by atoms with Crippen LogP contribution in [-0.2, 0) is 27.8 Å². The maximum atomic E-state index is 12.9. The first-order valence-electron chi connectivity index (χ1n) is 10.9. The van der Waals surface area contributed by atoms with Gasteiger partial charge in [-0.15, -0.1) is 0 Å². The van der Waals surface area contributed by atoms with Gasteiger partial charge in [0, 0.05) is 18.9 Å². The van der Waals surface area contributed by atoms with E-state index in [-0.39, 0.29) is 24.4 Å². The van der Waals surface area contributed by atoms with E-state index in [1.807, 2.05) is 20.8 Å². The van der Waals surface area contributed by atoms with Crippen molar-refractivity contribution < 1.29 is 32.7 Å². The van der Waals surface area contributed by atoms with Crippen molar-refractivity contribution in [2.45, 2.75) is 85.0 Å². The molecule has 12 heteroatoms. The summed E-state index contributed by atoms with van der Waals surface area (Å²) in [4.78, 5) is 27.0. The third-order valence-corrected chi connectivity index (χ3v) is 6.08. The number of rotatable bonds is 9. The predicted molar refractivity (Wildman–Crippen MR) is 123 cm³/mol. The van der Waals surface area contributed by atoms with Crippen molar-refractivity contribution in [1.29, 1.82) is 0 Å². The maximum Gasteiger partial charge on any atom is 0.473 e. The number of aryl methyl sites for hydroxylation is 1. The van der Waals surface area contributed by atoms with Gasteiger partial charge in [0.25, 0.3) is 0 Å². The van der Waals surface area contributed by atoms with E-state index in [9.17, 15) is 14.3 Å². The standard InChI is InChI=1S/C21H38N3O8P/c1-13-12-24(19(25)23-17(13)22)18-16(29-10-9-28-8)15(14(30-18)11-20(2,3)4)31-33(26,27)32-21(5,6)7/h12,14-16,18H,9-11H2,1-8H3,(H,26,27)(H2,22,23,25)/t14-,15-,16-,18-/m1/s1. The molecule has 11 nitrogen and oxygen atoms in total. The number of nitrogens with two attached hydrogens (primary N) is 1. The summed E-state index contributed by atoms with van der Waals surface area (Å²) in [5, 5.41) is 0. The molecule has 2 rings (SSSR count). The zero-order valence-corrected chi connectivity index (χ0v) is 21.6.